The molecule has 1 aliphatic carbocycles. The van der Waals surface area contributed by atoms with E-state index in [2.05, 4.69) is 58.9 Å². The van der Waals surface area contributed by atoms with Gasteiger partial charge in [-0.15, -0.1) is 0 Å². The summed E-state index contributed by atoms with van der Waals surface area (Å²) in [6.45, 7) is 12.9. The summed E-state index contributed by atoms with van der Waals surface area (Å²) >= 11 is 0. The first kappa shape index (κ1) is 22.2. The third-order valence-electron chi connectivity index (χ3n) is 5.14. The Balaban J connectivity index is 0.00000149. The van der Waals surface area contributed by atoms with Crippen LogP contribution in [0.2, 0.25) is 0 Å². The summed E-state index contributed by atoms with van der Waals surface area (Å²) in [7, 11) is -0.833. The fourth-order valence-corrected chi connectivity index (χ4v) is 2.84. The van der Waals surface area contributed by atoms with Gasteiger partial charge in [0.05, 0.1) is 5.60 Å². The molecule has 1 aliphatic rings. The van der Waals surface area contributed by atoms with E-state index in [0.717, 1.165) is 12.8 Å². The van der Waals surface area contributed by atoms with E-state index < -0.39 is 14.3 Å². The third-order valence-corrected chi connectivity index (χ3v) is 5.14. The van der Waals surface area contributed by atoms with Crippen LogP contribution in [0.1, 0.15) is 67.2 Å². The van der Waals surface area contributed by atoms with Crippen LogP contribution in [0.25, 0.3) is 0 Å². The zero-order chi connectivity index (χ0) is 18.1. The fourth-order valence-electron chi connectivity index (χ4n) is 2.84. The van der Waals surface area contributed by atoms with E-state index >= 15 is 0 Å². The zero-order valence-corrected chi connectivity index (χ0v) is 16.4. The van der Waals surface area contributed by atoms with Gasteiger partial charge in [-0.25, -0.2) is 4.57 Å². The SMILES string of the molecule is CCC(C=C(C)C=CC1=CCCC(C)(O)C1(C)C)CC.O=PO. The van der Waals surface area contributed by atoms with E-state index in [-0.39, 0.29) is 5.41 Å². The molecule has 0 radical (unpaired) electrons. The normalized spacial score (nSPS) is 24.6. The van der Waals surface area contributed by atoms with Gasteiger partial charge in [-0.2, -0.15) is 0 Å². The molecule has 0 fully saturated rings. The third kappa shape index (κ3) is 6.71. The van der Waals surface area contributed by atoms with Gasteiger partial charge < -0.3 is 10.00 Å². The Morgan fingerprint density at radius 3 is 2.35 bits per heavy atom. The minimum absolute atomic E-state index is 0.184. The van der Waals surface area contributed by atoms with E-state index in [9.17, 15) is 5.11 Å². The van der Waals surface area contributed by atoms with Crippen LogP contribution in [0.15, 0.2) is 35.5 Å². The number of hydrogen-bond donors (Lipinski definition) is 2. The van der Waals surface area contributed by atoms with Crippen molar-refractivity contribution in [3.05, 3.63) is 35.5 Å². The van der Waals surface area contributed by atoms with Gasteiger partial charge in [0.25, 0.3) is 0 Å². The summed E-state index contributed by atoms with van der Waals surface area (Å²) in [5.74, 6) is 0.677. The number of hydrogen-bond acceptors (Lipinski definition) is 2. The molecular formula is C19H33O3P. The molecule has 0 bridgehead atoms. The molecule has 132 valence electrons. The Morgan fingerprint density at radius 2 is 1.87 bits per heavy atom. The van der Waals surface area contributed by atoms with Gasteiger partial charge in [0.15, 0.2) is 0 Å². The highest BCUT2D eigenvalue weighted by Crippen LogP contribution is 2.45. The molecule has 23 heavy (non-hydrogen) atoms. The largest absolute Gasteiger partial charge is 0.389 e. The van der Waals surface area contributed by atoms with Crippen LogP contribution in [0, 0.1) is 11.3 Å². The molecule has 3 nitrogen and oxygen atoms in total. The fraction of sp³-hybridized carbons (Fsp3) is 0.684. The average molecular weight is 340 g/mol. The zero-order valence-electron chi connectivity index (χ0n) is 15.5. The van der Waals surface area contributed by atoms with Crippen LogP contribution in [0.4, 0.5) is 0 Å². The van der Waals surface area contributed by atoms with Gasteiger partial charge in [-0.1, -0.05) is 57.6 Å². The van der Waals surface area contributed by atoms with Gasteiger partial charge in [0.2, 0.25) is 0 Å². The first-order chi connectivity index (χ1) is 10.7. The highest BCUT2D eigenvalue weighted by molar-refractivity contribution is 7.16. The van der Waals surface area contributed by atoms with Crippen molar-refractivity contribution in [3.8, 4) is 0 Å². The highest BCUT2D eigenvalue weighted by Gasteiger charge is 2.42. The van der Waals surface area contributed by atoms with Gasteiger partial charge in [-0.3, -0.25) is 0 Å². The van der Waals surface area contributed by atoms with Gasteiger partial charge in [0, 0.05) is 5.41 Å². The van der Waals surface area contributed by atoms with Crippen molar-refractivity contribution in [2.24, 2.45) is 11.3 Å². The van der Waals surface area contributed by atoms with E-state index in [1.807, 2.05) is 6.92 Å². The molecule has 0 saturated carbocycles. The van der Waals surface area contributed by atoms with Crippen molar-refractivity contribution in [1.29, 1.82) is 0 Å². The van der Waals surface area contributed by atoms with Crippen molar-refractivity contribution in [2.75, 3.05) is 0 Å². The van der Waals surface area contributed by atoms with Crippen molar-refractivity contribution < 1.29 is 14.6 Å². The smallest absolute Gasteiger partial charge is 0.324 e. The second-order valence-electron chi connectivity index (χ2n) is 7.00. The topological polar surface area (TPSA) is 57.5 Å². The predicted octanol–water partition coefficient (Wildman–Crippen LogP) is 5.61. The lowest BCUT2D eigenvalue weighted by Gasteiger charge is -2.44. The summed E-state index contributed by atoms with van der Waals surface area (Å²) in [6, 6.07) is 0. The monoisotopic (exact) mass is 340 g/mol. The molecule has 0 saturated heterocycles. The van der Waals surface area contributed by atoms with Crippen molar-refractivity contribution >= 4 is 8.69 Å². The summed E-state index contributed by atoms with van der Waals surface area (Å²) in [4.78, 5) is 6.99. The molecule has 1 unspecified atom stereocenters. The number of rotatable bonds is 5. The predicted molar refractivity (Wildman–Crippen MR) is 98.5 cm³/mol. The second-order valence-corrected chi connectivity index (χ2v) is 7.16. The minimum Gasteiger partial charge on any atom is -0.389 e. The molecule has 0 aliphatic heterocycles. The lowest BCUT2D eigenvalue weighted by molar-refractivity contribution is -0.0415. The lowest BCUT2D eigenvalue weighted by atomic mass is 9.65. The maximum atomic E-state index is 10.6. The Labute approximate surface area is 143 Å². The van der Waals surface area contributed by atoms with E-state index in [1.165, 1.54) is 24.0 Å². The Morgan fingerprint density at radius 1 is 1.35 bits per heavy atom. The van der Waals surface area contributed by atoms with Crippen LogP contribution < -0.4 is 0 Å². The molecule has 1 atom stereocenters. The Kier molecular flexibility index (Phi) is 9.84. The molecule has 0 aromatic rings. The molecule has 4 heteroatoms. The number of allylic oxidation sites excluding steroid dienone is 5. The molecule has 0 heterocycles. The van der Waals surface area contributed by atoms with Gasteiger partial charge in [0.1, 0.15) is 0 Å². The number of aliphatic hydroxyl groups is 1. The quantitative estimate of drug-likeness (QED) is 0.505. The molecule has 2 N–H and O–H groups in total. The summed E-state index contributed by atoms with van der Waals surface area (Å²) in [6.07, 6.45) is 13.2. The van der Waals surface area contributed by atoms with Crippen LogP contribution in [-0.2, 0) is 4.57 Å². The standard InChI is InChI=1S/C19H32O.HO2P/c1-7-16(8-2)14-15(3)11-12-17-10-9-13-19(6,20)18(17,4)5;1-3-2/h10-12,14,16,20H,7-9,13H2,1-6H3;(H,1,2). The molecule has 0 spiro atoms. The lowest BCUT2D eigenvalue weighted by Crippen LogP contribution is -2.44. The summed E-state index contributed by atoms with van der Waals surface area (Å²) in [5.41, 5.74) is 1.78. The minimum atomic E-state index is -0.833. The van der Waals surface area contributed by atoms with E-state index in [4.69, 9.17) is 9.46 Å². The summed E-state index contributed by atoms with van der Waals surface area (Å²) < 4.78 is 8.46. The molecule has 0 aromatic heterocycles. The van der Waals surface area contributed by atoms with Crippen LogP contribution in [0.5, 0.6) is 0 Å². The molecular weight excluding hydrogens is 307 g/mol. The molecule has 1 rings (SSSR count). The van der Waals surface area contributed by atoms with Gasteiger partial charge >= 0.3 is 8.69 Å². The van der Waals surface area contributed by atoms with Crippen LogP contribution in [-0.4, -0.2) is 15.6 Å². The molecule has 0 aromatic carbocycles. The highest BCUT2D eigenvalue weighted by atomic mass is 31.1. The van der Waals surface area contributed by atoms with Crippen molar-refractivity contribution in [3.63, 3.8) is 0 Å². The van der Waals surface area contributed by atoms with Crippen LogP contribution >= 0.6 is 8.69 Å². The van der Waals surface area contributed by atoms with E-state index in [0.29, 0.717) is 5.92 Å². The first-order valence-corrected chi connectivity index (χ1v) is 9.19. The van der Waals surface area contributed by atoms with E-state index in [1.54, 1.807) is 0 Å². The second kappa shape index (κ2) is 10.2. The summed E-state index contributed by atoms with van der Waals surface area (Å²) in [5, 5.41) is 10.6. The average Bonchev–Trinajstić information content (AvgIpc) is 2.47. The Bertz CT molecular complexity index is 455. The van der Waals surface area contributed by atoms with Crippen molar-refractivity contribution in [2.45, 2.75) is 72.8 Å². The Hall–Kier alpha value is -0.760. The molecule has 0 amide bonds. The maximum Gasteiger partial charge on any atom is 0.324 e. The van der Waals surface area contributed by atoms with Crippen LogP contribution in [0.3, 0.4) is 0 Å². The van der Waals surface area contributed by atoms with Gasteiger partial charge in [-0.05, 0) is 51.0 Å². The maximum absolute atomic E-state index is 10.6. The first-order valence-electron chi connectivity index (χ1n) is 8.42. The van der Waals surface area contributed by atoms with Crippen molar-refractivity contribution in [1.82, 2.24) is 0 Å².